The summed E-state index contributed by atoms with van der Waals surface area (Å²) in [6.07, 6.45) is 0. The number of hydrogen-bond donors (Lipinski definition) is 2. The van der Waals surface area contributed by atoms with Crippen LogP contribution in [0.15, 0.2) is 42.5 Å². The summed E-state index contributed by atoms with van der Waals surface area (Å²) in [5, 5.41) is 8.41. The lowest BCUT2D eigenvalue weighted by Gasteiger charge is -2.11. The van der Waals surface area contributed by atoms with Crippen LogP contribution in [0.5, 0.6) is 0 Å². The molecule has 0 radical (unpaired) electrons. The van der Waals surface area contributed by atoms with E-state index >= 15 is 0 Å². The Bertz CT molecular complexity index is 677. The fraction of sp³-hybridized carbons (Fsp3) is 0.235. The molecule has 0 aliphatic carbocycles. The zero-order valence-corrected chi connectivity index (χ0v) is 15.9. The van der Waals surface area contributed by atoms with Crippen LogP contribution in [-0.2, 0) is 5.75 Å². The van der Waals surface area contributed by atoms with Gasteiger partial charge >= 0.3 is 0 Å². The summed E-state index contributed by atoms with van der Waals surface area (Å²) in [6.45, 7) is 2.85. The first-order chi connectivity index (χ1) is 11.0. The predicted octanol–water partition coefficient (Wildman–Crippen LogP) is 5.52. The molecule has 0 saturated carbocycles. The average Bonchev–Trinajstić information content (AvgIpc) is 2.49. The van der Waals surface area contributed by atoms with E-state index in [0.717, 1.165) is 34.3 Å². The summed E-state index contributed by atoms with van der Waals surface area (Å²) in [6, 6.07) is 13.7. The standard InChI is InChI=1S/C17H18Cl2N2S2/c1-12-3-2-4-15(9-12)21-17(22)20-7-8-23-11-13-5-6-14(18)10-16(13)19/h2-6,9-10H,7-8,11H2,1H3,(H2,20,21,22). The van der Waals surface area contributed by atoms with Crippen LogP contribution in [-0.4, -0.2) is 17.4 Å². The summed E-state index contributed by atoms with van der Waals surface area (Å²) < 4.78 is 0. The highest BCUT2D eigenvalue weighted by molar-refractivity contribution is 7.98. The van der Waals surface area contributed by atoms with Crippen molar-refractivity contribution in [3.63, 3.8) is 0 Å². The lowest BCUT2D eigenvalue weighted by atomic mass is 10.2. The van der Waals surface area contributed by atoms with Crippen LogP contribution in [0.25, 0.3) is 0 Å². The topological polar surface area (TPSA) is 24.1 Å². The SMILES string of the molecule is Cc1cccc(NC(=S)NCCSCc2ccc(Cl)cc2Cl)c1. The fourth-order valence-corrected chi connectivity index (χ4v) is 3.59. The van der Waals surface area contributed by atoms with Crippen LogP contribution in [0.2, 0.25) is 10.0 Å². The lowest BCUT2D eigenvalue weighted by molar-refractivity contribution is 0.990. The number of nitrogens with one attached hydrogen (secondary N) is 2. The third kappa shape index (κ3) is 6.60. The van der Waals surface area contributed by atoms with Gasteiger partial charge in [-0.15, -0.1) is 0 Å². The average molecular weight is 385 g/mol. The number of rotatable bonds is 6. The molecule has 0 heterocycles. The number of benzene rings is 2. The molecule has 0 saturated heterocycles. The van der Waals surface area contributed by atoms with Gasteiger partial charge in [0.05, 0.1) is 0 Å². The molecular formula is C17H18Cl2N2S2. The van der Waals surface area contributed by atoms with Crippen molar-refractivity contribution in [2.45, 2.75) is 12.7 Å². The second-order valence-electron chi connectivity index (χ2n) is 5.04. The van der Waals surface area contributed by atoms with E-state index in [1.54, 1.807) is 17.8 Å². The summed E-state index contributed by atoms with van der Waals surface area (Å²) in [5.41, 5.74) is 3.30. The molecule has 0 atom stereocenters. The molecule has 23 heavy (non-hydrogen) atoms. The molecule has 6 heteroatoms. The molecule has 0 aromatic heterocycles. The first kappa shape index (κ1) is 18.4. The van der Waals surface area contributed by atoms with E-state index in [9.17, 15) is 0 Å². The van der Waals surface area contributed by atoms with Gasteiger partial charge < -0.3 is 10.6 Å². The Morgan fingerprint density at radius 3 is 2.74 bits per heavy atom. The monoisotopic (exact) mass is 384 g/mol. The van der Waals surface area contributed by atoms with Crippen LogP contribution in [0, 0.1) is 6.92 Å². The first-order valence-electron chi connectivity index (χ1n) is 7.18. The van der Waals surface area contributed by atoms with Crippen molar-refractivity contribution in [2.75, 3.05) is 17.6 Å². The maximum atomic E-state index is 6.15. The normalized spacial score (nSPS) is 10.4. The summed E-state index contributed by atoms with van der Waals surface area (Å²) >= 11 is 19.1. The van der Waals surface area contributed by atoms with Gasteiger partial charge in [0.25, 0.3) is 0 Å². The minimum Gasteiger partial charge on any atom is -0.362 e. The molecule has 0 aliphatic rings. The van der Waals surface area contributed by atoms with Gasteiger partial charge in [0.15, 0.2) is 5.11 Å². The van der Waals surface area contributed by atoms with Crippen molar-refractivity contribution >= 4 is 58.0 Å². The Labute approximate surface area is 157 Å². The van der Waals surface area contributed by atoms with E-state index in [4.69, 9.17) is 35.4 Å². The van der Waals surface area contributed by atoms with Crippen molar-refractivity contribution in [1.29, 1.82) is 0 Å². The maximum absolute atomic E-state index is 6.15. The summed E-state index contributed by atoms with van der Waals surface area (Å²) in [7, 11) is 0. The second-order valence-corrected chi connectivity index (χ2v) is 7.40. The van der Waals surface area contributed by atoms with Crippen molar-refractivity contribution in [2.24, 2.45) is 0 Å². The number of thioether (sulfide) groups is 1. The Morgan fingerprint density at radius 1 is 1.17 bits per heavy atom. The van der Waals surface area contributed by atoms with Crippen LogP contribution < -0.4 is 10.6 Å². The Hall–Kier alpha value is -0.940. The third-order valence-electron chi connectivity index (χ3n) is 3.08. The molecule has 2 nitrogen and oxygen atoms in total. The van der Waals surface area contributed by atoms with Gasteiger partial charge in [-0.2, -0.15) is 11.8 Å². The molecule has 0 fully saturated rings. The van der Waals surface area contributed by atoms with Crippen LogP contribution in [0.1, 0.15) is 11.1 Å². The highest BCUT2D eigenvalue weighted by atomic mass is 35.5. The van der Waals surface area contributed by atoms with Crippen LogP contribution in [0.3, 0.4) is 0 Å². The van der Waals surface area contributed by atoms with Crippen molar-refractivity contribution in [3.05, 3.63) is 63.6 Å². The quantitative estimate of drug-likeness (QED) is 0.505. The largest absolute Gasteiger partial charge is 0.362 e. The molecule has 0 unspecified atom stereocenters. The molecule has 2 rings (SSSR count). The molecule has 2 N–H and O–H groups in total. The fourth-order valence-electron chi connectivity index (χ4n) is 1.96. The molecule has 0 bridgehead atoms. The van der Waals surface area contributed by atoms with Gasteiger partial charge in [-0.25, -0.2) is 0 Å². The third-order valence-corrected chi connectivity index (χ3v) is 4.92. The van der Waals surface area contributed by atoms with Crippen molar-refractivity contribution in [3.8, 4) is 0 Å². The van der Waals surface area contributed by atoms with E-state index < -0.39 is 0 Å². The van der Waals surface area contributed by atoms with Gasteiger partial charge in [-0.1, -0.05) is 41.4 Å². The first-order valence-corrected chi connectivity index (χ1v) is 9.49. The van der Waals surface area contributed by atoms with Crippen molar-refractivity contribution in [1.82, 2.24) is 5.32 Å². The molecule has 122 valence electrons. The Kier molecular flexibility index (Phi) is 7.50. The summed E-state index contributed by atoms with van der Waals surface area (Å²) in [5.74, 6) is 1.80. The highest BCUT2D eigenvalue weighted by Crippen LogP contribution is 2.24. The number of hydrogen-bond acceptors (Lipinski definition) is 2. The predicted molar refractivity (Wildman–Crippen MR) is 108 cm³/mol. The number of anilines is 1. The number of thiocarbonyl (C=S) groups is 1. The Morgan fingerprint density at radius 2 is 2.00 bits per heavy atom. The van der Waals surface area contributed by atoms with E-state index in [1.807, 2.05) is 24.3 Å². The van der Waals surface area contributed by atoms with Gasteiger partial charge in [-0.3, -0.25) is 0 Å². The van der Waals surface area contributed by atoms with E-state index in [2.05, 4.69) is 29.7 Å². The zero-order valence-electron chi connectivity index (χ0n) is 12.7. The lowest BCUT2D eigenvalue weighted by Crippen LogP contribution is -2.30. The molecular weight excluding hydrogens is 367 g/mol. The van der Waals surface area contributed by atoms with E-state index in [0.29, 0.717) is 10.1 Å². The molecule has 2 aromatic carbocycles. The molecule has 0 spiro atoms. The van der Waals surface area contributed by atoms with Crippen molar-refractivity contribution < 1.29 is 0 Å². The highest BCUT2D eigenvalue weighted by Gasteiger charge is 2.02. The van der Waals surface area contributed by atoms with E-state index in [1.165, 1.54) is 5.56 Å². The molecule has 2 aromatic rings. The molecule has 0 aliphatic heterocycles. The molecule has 0 amide bonds. The number of halogens is 2. The maximum Gasteiger partial charge on any atom is 0.170 e. The smallest absolute Gasteiger partial charge is 0.170 e. The van der Waals surface area contributed by atoms with Gasteiger partial charge in [0, 0.05) is 33.8 Å². The second kappa shape index (κ2) is 9.38. The summed E-state index contributed by atoms with van der Waals surface area (Å²) in [4.78, 5) is 0. The zero-order chi connectivity index (χ0) is 16.7. The van der Waals surface area contributed by atoms with Gasteiger partial charge in [0.1, 0.15) is 0 Å². The van der Waals surface area contributed by atoms with Gasteiger partial charge in [0.2, 0.25) is 0 Å². The Balaban J connectivity index is 1.66. The van der Waals surface area contributed by atoms with Crippen LogP contribution >= 0.6 is 47.2 Å². The number of aryl methyl sites for hydroxylation is 1. The van der Waals surface area contributed by atoms with Crippen LogP contribution in [0.4, 0.5) is 5.69 Å². The van der Waals surface area contributed by atoms with E-state index in [-0.39, 0.29) is 0 Å². The van der Waals surface area contributed by atoms with Gasteiger partial charge in [-0.05, 0) is 54.5 Å². The minimum absolute atomic E-state index is 0.640. The minimum atomic E-state index is 0.640.